The number of nitrogens with zero attached hydrogens (tertiary/aromatic N) is 2. The van der Waals surface area contributed by atoms with Gasteiger partial charge in [0.05, 0.1) is 6.42 Å². The summed E-state index contributed by atoms with van der Waals surface area (Å²) in [7, 11) is 0. The Morgan fingerprint density at radius 3 is 2.55 bits per heavy atom. The van der Waals surface area contributed by atoms with Gasteiger partial charge in [0, 0.05) is 38.8 Å². The van der Waals surface area contributed by atoms with E-state index in [1.807, 2.05) is 35.2 Å². The Bertz CT molecular complexity index is 434. The highest BCUT2D eigenvalue weighted by atomic mass is 16.2. The monoisotopic (exact) mass is 273 g/mol. The molecule has 108 valence electrons. The quantitative estimate of drug-likeness (QED) is 0.882. The molecule has 2 fully saturated rings. The molecule has 2 aliphatic rings. The van der Waals surface area contributed by atoms with Crippen molar-refractivity contribution in [2.75, 3.05) is 39.3 Å². The van der Waals surface area contributed by atoms with E-state index in [9.17, 15) is 4.79 Å². The molecule has 0 bridgehead atoms. The second-order valence-electron chi connectivity index (χ2n) is 5.73. The van der Waals surface area contributed by atoms with Crippen LogP contribution in [0.1, 0.15) is 12.0 Å². The summed E-state index contributed by atoms with van der Waals surface area (Å²) >= 11 is 0. The van der Waals surface area contributed by atoms with E-state index in [0.717, 1.165) is 44.8 Å². The fourth-order valence-electron chi connectivity index (χ4n) is 3.17. The molecule has 1 aromatic rings. The third-order valence-electron chi connectivity index (χ3n) is 4.42. The maximum atomic E-state index is 12.3. The largest absolute Gasteiger partial charge is 0.340 e. The van der Waals surface area contributed by atoms with E-state index in [0.29, 0.717) is 12.5 Å². The lowest BCUT2D eigenvalue weighted by Gasteiger charge is -2.37. The van der Waals surface area contributed by atoms with Gasteiger partial charge in [-0.15, -0.1) is 0 Å². The van der Waals surface area contributed by atoms with Crippen LogP contribution in [-0.4, -0.2) is 61.0 Å². The zero-order valence-corrected chi connectivity index (χ0v) is 11.9. The summed E-state index contributed by atoms with van der Waals surface area (Å²) < 4.78 is 0. The van der Waals surface area contributed by atoms with Crippen LogP contribution >= 0.6 is 0 Å². The van der Waals surface area contributed by atoms with Crippen molar-refractivity contribution in [3.8, 4) is 0 Å². The molecule has 1 atom stereocenters. The van der Waals surface area contributed by atoms with Crippen LogP contribution in [0.3, 0.4) is 0 Å². The first kappa shape index (κ1) is 13.6. The van der Waals surface area contributed by atoms with Crippen LogP contribution in [0.4, 0.5) is 0 Å². The number of amides is 1. The number of carbonyl (C=O) groups excluding carboxylic acids is 1. The van der Waals surface area contributed by atoms with Gasteiger partial charge in [-0.3, -0.25) is 9.69 Å². The van der Waals surface area contributed by atoms with Gasteiger partial charge in [0.15, 0.2) is 0 Å². The van der Waals surface area contributed by atoms with Crippen molar-refractivity contribution in [2.24, 2.45) is 0 Å². The minimum absolute atomic E-state index is 0.264. The lowest BCUT2D eigenvalue weighted by atomic mass is 10.1. The molecule has 0 aliphatic carbocycles. The molecule has 0 aromatic heterocycles. The second kappa shape index (κ2) is 6.37. The molecular weight excluding hydrogens is 250 g/mol. The molecule has 1 unspecified atom stereocenters. The Balaban J connectivity index is 1.49. The molecule has 3 rings (SSSR count). The van der Waals surface area contributed by atoms with Gasteiger partial charge in [-0.2, -0.15) is 0 Å². The van der Waals surface area contributed by atoms with E-state index >= 15 is 0 Å². The van der Waals surface area contributed by atoms with E-state index in [2.05, 4.69) is 10.2 Å². The van der Waals surface area contributed by atoms with Gasteiger partial charge in [0.1, 0.15) is 0 Å². The molecule has 2 heterocycles. The average Bonchev–Trinajstić information content (AvgIpc) is 3.03. The van der Waals surface area contributed by atoms with E-state index in [1.54, 1.807) is 0 Å². The van der Waals surface area contributed by atoms with E-state index in [4.69, 9.17) is 0 Å². The molecule has 1 amide bonds. The zero-order chi connectivity index (χ0) is 13.8. The number of carbonyl (C=O) groups is 1. The molecule has 0 radical (unpaired) electrons. The van der Waals surface area contributed by atoms with Crippen molar-refractivity contribution in [1.29, 1.82) is 0 Å². The van der Waals surface area contributed by atoms with Crippen LogP contribution in [0.5, 0.6) is 0 Å². The number of piperazine rings is 1. The molecule has 2 aliphatic heterocycles. The lowest BCUT2D eigenvalue weighted by molar-refractivity contribution is -0.132. The number of hydrogen-bond acceptors (Lipinski definition) is 3. The molecule has 1 N–H and O–H groups in total. The molecule has 4 nitrogen and oxygen atoms in total. The van der Waals surface area contributed by atoms with Gasteiger partial charge in [0.2, 0.25) is 5.91 Å². The average molecular weight is 273 g/mol. The van der Waals surface area contributed by atoms with Crippen molar-refractivity contribution in [1.82, 2.24) is 15.1 Å². The Labute approximate surface area is 120 Å². The van der Waals surface area contributed by atoms with Crippen molar-refractivity contribution >= 4 is 5.91 Å². The third-order valence-corrected chi connectivity index (χ3v) is 4.42. The van der Waals surface area contributed by atoms with Crippen LogP contribution in [0, 0.1) is 0 Å². The molecule has 20 heavy (non-hydrogen) atoms. The Morgan fingerprint density at radius 2 is 1.90 bits per heavy atom. The van der Waals surface area contributed by atoms with Gasteiger partial charge in [-0.05, 0) is 18.5 Å². The van der Waals surface area contributed by atoms with Gasteiger partial charge in [0.25, 0.3) is 0 Å². The maximum absolute atomic E-state index is 12.3. The summed E-state index contributed by atoms with van der Waals surface area (Å²) in [5.74, 6) is 0.264. The number of rotatable bonds is 3. The fourth-order valence-corrected chi connectivity index (χ4v) is 3.17. The second-order valence-corrected chi connectivity index (χ2v) is 5.73. The van der Waals surface area contributed by atoms with Crippen molar-refractivity contribution in [2.45, 2.75) is 18.9 Å². The van der Waals surface area contributed by atoms with Crippen molar-refractivity contribution < 1.29 is 4.79 Å². The highest BCUT2D eigenvalue weighted by molar-refractivity contribution is 5.78. The van der Waals surface area contributed by atoms with Gasteiger partial charge >= 0.3 is 0 Å². The number of nitrogens with one attached hydrogen (secondary N) is 1. The highest BCUT2D eigenvalue weighted by Crippen LogP contribution is 2.13. The predicted molar refractivity (Wildman–Crippen MR) is 79.6 cm³/mol. The van der Waals surface area contributed by atoms with Gasteiger partial charge in [-0.25, -0.2) is 0 Å². The first-order valence-electron chi connectivity index (χ1n) is 7.59. The predicted octanol–water partition coefficient (Wildman–Crippen LogP) is 0.735. The summed E-state index contributed by atoms with van der Waals surface area (Å²) in [4.78, 5) is 16.8. The highest BCUT2D eigenvalue weighted by Gasteiger charge is 2.27. The van der Waals surface area contributed by atoms with Crippen molar-refractivity contribution in [3.05, 3.63) is 35.9 Å². The molecule has 2 saturated heterocycles. The Kier molecular flexibility index (Phi) is 4.33. The number of benzene rings is 1. The first-order valence-corrected chi connectivity index (χ1v) is 7.59. The summed E-state index contributed by atoms with van der Waals surface area (Å²) in [5, 5.41) is 3.41. The van der Waals surface area contributed by atoms with Crippen LogP contribution < -0.4 is 5.32 Å². The first-order chi connectivity index (χ1) is 9.83. The fraction of sp³-hybridized carbons (Fsp3) is 0.562. The smallest absolute Gasteiger partial charge is 0.227 e. The third kappa shape index (κ3) is 3.19. The van der Waals surface area contributed by atoms with E-state index in [-0.39, 0.29) is 5.91 Å². The molecule has 0 saturated carbocycles. The van der Waals surface area contributed by atoms with Crippen molar-refractivity contribution in [3.63, 3.8) is 0 Å². The Hall–Kier alpha value is -1.39. The van der Waals surface area contributed by atoms with Crippen LogP contribution in [0.15, 0.2) is 30.3 Å². The topological polar surface area (TPSA) is 35.6 Å². The Morgan fingerprint density at radius 1 is 1.15 bits per heavy atom. The van der Waals surface area contributed by atoms with Crippen LogP contribution in [0.25, 0.3) is 0 Å². The van der Waals surface area contributed by atoms with Crippen LogP contribution in [-0.2, 0) is 11.2 Å². The standard InChI is InChI=1S/C16H23N3O/c20-16(12-14-4-2-1-3-5-14)19-10-8-18(9-11-19)15-6-7-17-13-15/h1-5,15,17H,6-13H2. The van der Waals surface area contributed by atoms with E-state index < -0.39 is 0 Å². The SMILES string of the molecule is O=C(Cc1ccccc1)N1CCN(C2CCNC2)CC1. The lowest BCUT2D eigenvalue weighted by Crippen LogP contribution is -2.52. The van der Waals surface area contributed by atoms with Gasteiger partial charge in [-0.1, -0.05) is 30.3 Å². The normalized spacial score (nSPS) is 24.0. The van der Waals surface area contributed by atoms with Crippen LogP contribution in [0.2, 0.25) is 0 Å². The molecular formula is C16H23N3O. The van der Waals surface area contributed by atoms with Gasteiger partial charge < -0.3 is 10.2 Å². The molecule has 1 aromatic carbocycles. The molecule has 4 heteroatoms. The number of hydrogen-bond donors (Lipinski definition) is 1. The summed E-state index contributed by atoms with van der Waals surface area (Å²) in [6.07, 6.45) is 1.78. The minimum Gasteiger partial charge on any atom is -0.340 e. The maximum Gasteiger partial charge on any atom is 0.227 e. The zero-order valence-electron chi connectivity index (χ0n) is 11.9. The summed E-state index contributed by atoms with van der Waals surface area (Å²) in [6, 6.07) is 10.7. The minimum atomic E-state index is 0.264. The molecule has 0 spiro atoms. The summed E-state index contributed by atoms with van der Waals surface area (Å²) in [6.45, 7) is 6.04. The summed E-state index contributed by atoms with van der Waals surface area (Å²) in [5.41, 5.74) is 1.11. The van der Waals surface area contributed by atoms with E-state index in [1.165, 1.54) is 6.42 Å².